The van der Waals surface area contributed by atoms with Crippen molar-refractivity contribution in [3.8, 4) is 0 Å². The molecule has 1 aromatic carbocycles. The first-order chi connectivity index (χ1) is 7.65. The number of nitrogens with one attached hydrogen (secondary N) is 1. The fraction of sp³-hybridized carbons (Fsp3) is 0.273. The molecule has 5 heteroatoms. The molecule has 5 nitrogen and oxygen atoms in total. The summed E-state index contributed by atoms with van der Waals surface area (Å²) in [6.07, 6.45) is 0. The summed E-state index contributed by atoms with van der Waals surface area (Å²) in [5.74, 6) is -0.565. The molecular weight excluding hydrogens is 210 g/mol. The maximum Gasteiger partial charge on any atom is 0.356 e. The van der Waals surface area contributed by atoms with Gasteiger partial charge in [0, 0.05) is 12.7 Å². The Bertz CT molecular complexity index is 372. The molecule has 0 heterocycles. The molecule has 1 aromatic rings. The van der Waals surface area contributed by atoms with Crippen LogP contribution in [0.3, 0.4) is 0 Å². The van der Waals surface area contributed by atoms with Gasteiger partial charge in [0.2, 0.25) is 0 Å². The van der Waals surface area contributed by atoms with Crippen molar-refractivity contribution in [2.24, 2.45) is 0 Å². The van der Waals surface area contributed by atoms with E-state index in [0.717, 1.165) is 0 Å². The number of hydroxylamine groups is 1. The summed E-state index contributed by atoms with van der Waals surface area (Å²) in [5, 5.41) is 0. The number of ketones is 1. The monoisotopic (exact) mass is 223 g/mol. The van der Waals surface area contributed by atoms with Crippen molar-refractivity contribution in [2.45, 2.75) is 6.92 Å². The van der Waals surface area contributed by atoms with E-state index in [0.29, 0.717) is 11.1 Å². The van der Waals surface area contributed by atoms with Gasteiger partial charge >= 0.3 is 5.97 Å². The van der Waals surface area contributed by atoms with Gasteiger partial charge in [-0.3, -0.25) is 4.79 Å². The van der Waals surface area contributed by atoms with Crippen molar-refractivity contribution in [1.82, 2.24) is 5.48 Å². The molecule has 0 aliphatic heterocycles. The van der Waals surface area contributed by atoms with Crippen molar-refractivity contribution >= 4 is 11.8 Å². The predicted molar refractivity (Wildman–Crippen MR) is 56.9 cm³/mol. The standard InChI is InChI=1S/C11H13NO4/c1-8(13)9-3-5-10(6-4-9)11(14)16-12-7-15-2/h3-6,12H,7H2,1-2H3. The van der Waals surface area contributed by atoms with Gasteiger partial charge in [-0.05, 0) is 19.1 Å². The molecule has 0 atom stereocenters. The van der Waals surface area contributed by atoms with Crippen LogP contribution in [-0.4, -0.2) is 25.6 Å². The summed E-state index contributed by atoms with van der Waals surface area (Å²) >= 11 is 0. The molecule has 1 rings (SSSR count). The Kier molecular flexibility index (Phi) is 4.63. The first-order valence-electron chi connectivity index (χ1n) is 4.69. The third-order valence-electron chi connectivity index (χ3n) is 1.90. The lowest BCUT2D eigenvalue weighted by Crippen LogP contribution is -2.22. The van der Waals surface area contributed by atoms with Crippen LogP contribution in [0.5, 0.6) is 0 Å². The average molecular weight is 223 g/mol. The molecule has 0 aromatic heterocycles. The Morgan fingerprint density at radius 2 is 1.75 bits per heavy atom. The number of hydrogen-bond acceptors (Lipinski definition) is 5. The molecule has 0 bridgehead atoms. The highest BCUT2D eigenvalue weighted by molar-refractivity contribution is 5.96. The highest BCUT2D eigenvalue weighted by atomic mass is 16.7. The van der Waals surface area contributed by atoms with Gasteiger partial charge in [-0.15, -0.1) is 5.48 Å². The second-order valence-corrected chi connectivity index (χ2v) is 3.10. The van der Waals surface area contributed by atoms with Gasteiger partial charge in [-0.2, -0.15) is 0 Å². The fourth-order valence-electron chi connectivity index (χ4n) is 1.05. The van der Waals surface area contributed by atoms with Crippen molar-refractivity contribution in [2.75, 3.05) is 13.8 Å². The smallest absolute Gasteiger partial charge is 0.356 e. The molecule has 86 valence electrons. The number of methoxy groups -OCH3 is 1. The Morgan fingerprint density at radius 3 is 2.25 bits per heavy atom. The number of carbonyl (C=O) groups excluding carboxylic acids is 2. The highest BCUT2D eigenvalue weighted by Gasteiger charge is 2.07. The zero-order valence-corrected chi connectivity index (χ0v) is 9.15. The van der Waals surface area contributed by atoms with Gasteiger partial charge in [-0.25, -0.2) is 4.79 Å². The van der Waals surface area contributed by atoms with Gasteiger partial charge in [0.05, 0.1) is 5.56 Å². The summed E-state index contributed by atoms with van der Waals surface area (Å²) in [6.45, 7) is 1.59. The SMILES string of the molecule is COCNOC(=O)c1ccc(C(C)=O)cc1. The van der Waals surface area contributed by atoms with Crippen LogP contribution in [-0.2, 0) is 9.57 Å². The second kappa shape index (κ2) is 5.99. The fourth-order valence-corrected chi connectivity index (χ4v) is 1.05. The Balaban J connectivity index is 2.59. The highest BCUT2D eigenvalue weighted by Crippen LogP contribution is 2.05. The van der Waals surface area contributed by atoms with E-state index in [9.17, 15) is 9.59 Å². The lowest BCUT2D eigenvalue weighted by atomic mass is 10.1. The maximum absolute atomic E-state index is 11.4. The second-order valence-electron chi connectivity index (χ2n) is 3.10. The zero-order valence-electron chi connectivity index (χ0n) is 9.15. The van der Waals surface area contributed by atoms with Crippen LogP contribution >= 0.6 is 0 Å². The Hall–Kier alpha value is -1.72. The molecule has 0 amide bonds. The van der Waals surface area contributed by atoms with Crippen molar-refractivity contribution in [1.29, 1.82) is 0 Å². The molecule has 1 N–H and O–H groups in total. The van der Waals surface area contributed by atoms with Crippen LogP contribution in [0.2, 0.25) is 0 Å². The van der Waals surface area contributed by atoms with Gasteiger partial charge in [0.1, 0.15) is 6.73 Å². The van der Waals surface area contributed by atoms with E-state index in [4.69, 9.17) is 0 Å². The molecule has 0 saturated carbocycles. The van der Waals surface area contributed by atoms with Crippen LogP contribution in [0.25, 0.3) is 0 Å². The third kappa shape index (κ3) is 3.45. The van der Waals surface area contributed by atoms with Crippen LogP contribution < -0.4 is 5.48 Å². The summed E-state index contributed by atoms with van der Waals surface area (Å²) in [5.41, 5.74) is 3.26. The number of rotatable bonds is 5. The molecule has 0 aliphatic rings. The van der Waals surface area contributed by atoms with E-state index in [1.54, 1.807) is 12.1 Å². The predicted octanol–water partition coefficient (Wildman–Crippen LogP) is 1.15. The Labute approximate surface area is 93.3 Å². The normalized spacial score (nSPS) is 9.88. The van der Waals surface area contributed by atoms with Crippen molar-refractivity contribution in [3.63, 3.8) is 0 Å². The molecule has 0 radical (unpaired) electrons. The molecule has 0 aliphatic carbocycles. The number of hydrogen-bond donors (Lipinski definition) is 1. The number of ether oxygens (including phenoxy) is 1. The van der Waals surface area contributed by atoms with E-state index in [1.165, 1.54) is 26.2 Å². The van der Waals surface area contributed by atoms with E-state index < -0.39 is 5.97 Å². The van der Waals surface area contributed by atoms with Gasteiger partial charge in [0.15, 0.2) is 5.78 Å². The first-order valence-corrected chi connectivity index (χ1v) is 4.69. The van der Waals surface area contributed by atoms with E-state index in [2.05, 4.69) is 15.1 Å². The molecule has 16 heavy (non-hydrogen) atoms. The zero-order chi connectivity index (χ0) is 12.0. The van der Waals surface area contributed by atoms with Crippen LogP contribution in [0.4, 0.5) is 0 Å². The van der Waals surface area contributed by atoms with Crippen molar-refractivity contribution in [3.05, 3.63) is 35.4 Å². The minimum absolute atomic E-state index is 0.0441. The number of benzene rings is 1. The maximum atomic E-state index is 11.4. The largest absolute Gasteiger partial charge is 0.366 e. The summed E-state index contributed by atoms with van der Waals surface area (Å²) in [7, 11) is 1.47. The molecule has 0 fully saturated rings. The summed E-state index contributed by atoms with van der Waals surface area (Å²) in [4.78, 5) is 27.0. The number of carbonyl (C=O) groups is 2. The first kappa shape index (κ1) is 12.4. The summed E-state index contributed by atoms with van der Waals surface area (Å²) < 4.78 is 4.65. The van der Waals surface area contributed by atoms with E-state index >= 15 is 0 Å². The third-order valence-corrected chi connectivity index (χ3v) is 1.90. The van der Waals surface area contributed by atoms with Gasteiger partial charge in [0.25, 0.3) is 0 Å². The Morgan fingerprint density at radius 1 is 1.19 bits per heavy atom. The summed E-state index contributed by atoms with van der Waals surface area (Å²) in [6, 6.07) is 6.23. The quantitative estimate of drug-likeness (QED) is 0.351. The molecule has 0 unspecified atom stereocenters. The molecule has 0 spiro atoms. The van der Waals surface area contributed by atoms with Crippen LogP contribution in [0.1, 0.15) is 27.6 Å². The van der Waals surface area contributed by atoms with Crippen molar-refractivity contribution < 1.29 is 19.2 Å². The minimum atomic E-state index is -0.521. The van der Waals surface area contributed by atoms with Gasteiger partial charge in [-0.1, -0.05) is 12.1 Å². The lowest BCUT2D eigenvalue weighted by Gasteiger charge is -2.04. The van der Waals surface area contributed by atoms with Crippen LogP contribution in [0, 0.1) is 0 Å². The molecule has 0 saturated heterocycles. The van der Waals surface area contributed by atoms with Crippen LogP contribution in [0.15, 0.2) is 24.3 Å². The molecular formula is C11H13NO4. The average Bonchev–Trinajstić information content (AvgIpc) is 2.29. The minimum Gasteiger partial charge on any atom is -0.366 e. The lowest BCUT2D eigenvalue weighted by molar-refractivity contribution is -0.00443. The van der Waals surface area contributed by atoms with E-state index in [-0.39, 0.29) is 12.5 Å². The van der Waals surface area contributed by atoms with Gasteiger partial charge < -0.3 is 9.57 Å². The topological polar surface area (TPSA) is 64.6 Å². The van der Waals surface area contributed by atoms with E-state index in [1.807, 2.05) is 0 Å². The number of Topliss-reactive ketones (excluding diaryl/α,β-unsaturated/α-hetero) is 1.